The van der Waals surface area contributed by atoms with Gasteiger partial charge in [-0.1, -0.05) is 6.07 Å². The summed E-state index contributed by atoms with van der Waals surface area (Å²) in [5.41, 5.74) is 1.95. The molecule has 0 bridgehead atoms. The van der Waals surface area contributed by atoms with E-state index in [1.54, 1.807) is 20.3 Å². The molecule has 0 spiro atoms. The molecule has 0 amide bonds. The highest BCUT2D eigenvalue weighted by atomic mass is 32.1. The van der Waals surface area contributed by atoms with Crippen molar-refractivity contribution < 1.29 is 18.3 Å². The summed E-state index contributed by atoms with van der Waals surface area (Å²) in [5, 5.41) is 0.725. The van der Waals surface area contributed by atoms with Crippen molar-refractivity contribution in [1.82, 2.24) is 4.98 Å². The van der Waals surface area contributed by atoms with Crippen LogP contribution in [-0.2, 0) is 0 Å². The Kier molecular flexibility index (Phi) is 4.49. The third-order valence-corrected chi connectivity index (χ3v) is 4.63. The zero-order valence-electron chi connectivity index (χ0n) is 13.4. The fourth-order valence-corrected chi connectivity index (χ4v) is 3.44. The van der Waals surface area contributed by atoms with Crippen molar-refractivity contribution in [3.05, 3.63) is 52.9 Å². The van der Waals surface area contributed by atoms with Crippen LogP contribution in [0.15, 0.2) is 36.4 Å². The Morgan fingerprint density at radius 3 is 2.46 bits per heavy atom. The highest BCUT2D eigenvalue weighted by molar-refractivity contribution is 7.15. The van der Waals surface area contributed by atoms with Crippen LogP contribution in [0.3, 0.4) is 0 Å². The van der Waals surface area contributed by atoms with E-state index in [1.807, 2.05) is 19.1 Å². The molecule has 24 heavy (non-hydrogen) atoms. The van der Waals surface area contributed by atoms with E-state index in [4.69, 9.17) is 9.47 Å². The molecule has 2 aromatic carbocycles. The van der Waals surface area contributed by atoms with Crippen LogP contribution in [0.25, 0.3) is 21.8 Å². The van der Waals surface area contributed by atoms with Crippen LogP contribution in [0.5, 0.6) is 11.5 Å². The standard InChI is InChI=1S/C18H15F2NO2S/c1-10-16(11-7-8-13(19)14(20)9-11)21-18(24-10)12-5-4-6-15(22-2)17(12)23-3/h4-9H,1-3H3. The lowest BCUT2D eigenvalue weighted by atomic mass is 10.1. The molecule has 1 aromatic heterocycles. The van der Waals surface area contributed by atoms with E-state index in [-0.39, 0.29) is 0 Å². The molecule has 3 nitrogen and oxygen atoms in total. The van der Waals surface area contributed by atoms with Crippen molar-refractivity contribution in [3.8, 4) is 33.3 Å². The SMILES string of the molecule is COc1cccc(-c2nc(-c3ccc(F)c(F)c3)c(C)s2)c1OC. The summed E-state index contributed by atoms with van der Waals surface area (Å²) in [4.78, 5) is 5.50. The molecule has 124 valence electrons. The van der Waals surface area contributed by atoms with Gasteiger partial charge in [-0.05, 0) is 37.3 Å². The van der Waals surface area contributed by atoms with E-state index in [0.717, 1.165) is 27.6 Å². The number of hydrogen-bond donors (Lipinski definition) is 0. The molecule has 0 saturated heterocycles. The van der Waals surface area contributed by atoms with Gasteiger partial charge >= 0.3 is 0 Å². The molecule has 0 saturated carbocycles. The predicted molar refractivity (Wildman–Crippen MR) is 90.7 cm³/mol. The number of hydrogen-bond acceptors (Lipinski definition) is 4. The van der Waals surface area contributed by atoms with Crippen molar-refractivity contribution >= 4 is 11.3 Å². The first-order chi connectivity index (χ1) is 11.5. The number of rotatable bonds is 4. The number of para-hydroxylation sites is 1. The van der Waals surface area contributed by atoms with Crippen molar-refractivity contribution in [1.29, 1.82) is 0 Å². The average Bonchev–Trinajstić information content (AvgIpc) is 2.98. The van der Waals surface area contributed by atoms with Gasteiger partial charge in [0.15, 0.2) is 23.1 Å². The van der Waals surface area contributed by atoms with Crippen LogP contribution in [-0.4, -0.2) is 19.2 Å². The molecule has 0 atom stereocenters. The molecule has 0 unspecified atom stereocenters. The van der Waals surface area contributed by atoms with E-state index in [2.05, 4.69) is 4.98 Å². The van der Waals surface area contributed by atoms with Crippen molar-refractivity contribution in [2.75, 3.05) is 14.2 Å². The molecule has 3 rings (SSSR count). The first-order valence-corrected chi connectivity index (χ1v) is 8.01. The topological polar surface area (TPSA) is 31.4 Å². The van der Waals surface area contributed by atoms with E-state index < -0.39 is 11.6 Å². The van der Waals surface area contributed by atoms with Gasteiger partial charge in [0.05, 0.1) is 25.5 Å². The molecule has 3 aromatic rings. The Labute approximate surface area is 142 Å². The Balaban J connectivity index is 2.11. The monoisotopic (exact) mass is 347 g/mol. The lowest BCUT2D eigenvalue weighted by Crippen LogP contribution is -1.93. The number of methoxy groups -OCH3 is 2. The van der Waals surface area contributed by atoms with E-state index in [0.29, 0.717) is 22.8 Å². The zero-order valence-corrected chi connectivity index (χ0v) is 14.2. The van der Waals surface area contributed by atoms with Crippen LogP contribution < -0.4 is 9.47 Å². The van der Waals surface area contributed by atoms with E-state index in [1.165, 1.54) is 17.4 Å². The lowest BCUT2D eigenvalue weighted by Gasteiger charge is -2.10. The number of benzene rings is 2. The third kappa shape index (κ3) is 2.85. The van der Waals surface area contributed by atoms with Gasteiger partial charge in [-0.2, -0.15) is 0 Å². The van der Waals surface area contributed by atoms with Gasteiger partial charge in [-0.15, -0.1) is 11.3 Å². The second-order valence-corrected chi connectivity index (χ2v) is 6.30. The molecule has 0 N–H and O–H groups in total. The Hall–Kier alpha value is -2.47. The quantitative estimate of drug-likeness (QED) is 0.659. The molecule has 0 radical (unpaired) electrons. The fourth-order valence-electron chi connectivity index (χ4n) is 2.48. The number of aryl methyl sites for hydroxylation is 1. The highest BCUT2D eigenvalue weighted by Crippen LogP contribution is 2.41. The molecular weight excluding hydrogens is 332 g/mol. The fraction of sp³-hybridized carbons (Fsp3) is 0.167. The molecule has 1 heterocycles. The van der Waals surface area contributed by atoms with Gasteiger partial charge in [0.2, 0.25) is 0 Å². The minimum Gasteiger partial charge on any atom is -0.493 e. The van der Waals surface area contributed by atoms with Crippen LogP contribution in [0, 0.1) is 18.6 Å². The summed E-state index contributed by atoms with van der Waals surface area (Å²) in [6.07, 6.45) is 0. The minimum absolute atomic E-state index is 0.538. The number of nitrogens with zero attached hydrogens (tertiary/aromatic N) is 1. The summed E-state index contributed by atoms with van der Waals surface area (Å²) in [5.74, 6) is -0.565. The highest BCUT2D eigenvalue weighted by Gasteiger charge is 2.18. The molecule has 0 aliphatic heterocycles. The minimum atomic E-state index is -0.889. The van der Waals surface area contributed by atoms with Crippen molar-refractivity contribution in [2.45, 2.75) is 6.92 Å². The maximum Gasteiger partial charge on any atom is 0.170 e. The van der Waals surface area contributed by atoms with Crippen LogP contribution >= 0.6 is 11.3 Å². The summed E-state index contributed by atoms with van der Waals surface area (Å²) >= 11 is 1.46. The molecule has 0 aliphatic rings. The van der Waals surface area contributed by atoms with Gasteiger partial charge in [-0.3, -0.25) is 0 Å². The summed E-state index contributed by atoms with van der Waals surface area (Å²) in [7, 11) is 3.14. The third-order valence-electron chi connectivity index (χ3n) is 3.62. The Morgan fingerprint density at radius 1 is 1.00 bits per heavy atom. The van der Waals surface area contributed by atoms with Crippen LogP contribution in [0.4, 0.5) is 8.78 Å². The van der Waals surface area contributed by atoms with E-state index >= 15 is 0 Å². The predicted octanol–water partition coefficient (Wildman–Crippen LogP) is 5.08. The second kappa shape index (κ2) is 6.57. The van der Waals surface area contributed by atoms with Crippen molar-refractivity contribution in [3.63, 3.8) is 0 Å². The normalized spacial score (nSPS) is 10.7. The van der Waals surface area contributed by atoms with Gasteiger partial charge in [0, 0.05) is 10.4 Å². The first-order valence-electron chi connectivity index (χ1n) is 7.19. The van der Waals surface area contributed by atoms with Crippen LogP contribution in [0.1, 0.15) is 4.88 Å². The van der Waals surface area contributed by atoms with Gasteiger partial charge in [0.1, 0.15) is 5.01 Å². The Morgan fingerprint density at radius 2 is 1.79 bits per heavy atom. The molecular formula is C18H15F2NO2S. The smallest absolute Gasteiger partial charge is 0.170 e. The first kappa shape index (κ1) is 16.4. The zero-order chi connectivity index (χ0) is 17.3. The van der Waals surface area contributed by atoms with Gasteiger partial charge in [-0.25, -0.2) is 13.8 Å². The van der Waals surface area contributed by atoms with Gasteiger partial charge in [0.25, 0.3) is 0 Å². The van der Waals surface area contributed by atoms with Crippen LogP contribution in [0.2, 0.25) is 0 Å². The maximum atomic E-state index is 13.5. The number of aromatic nitrogens is 1. The maximum absolute atomic E-state index is 13.5. The van der Waals surface area contributed by atoms with Gasteiger partial charge < -0.3 is 9.47 Å². The summed E-state index contributed by atoms with van der Waals surface area (Å²) < 4.78 is 37.4. The molecule has 0 fully saturated rings. The Bertz CT molecular complexity index is 893. The summed E-state index contributed by atoms with van der Waals surface area (Å²) in [6.45, 7) is 1.89. The molecule has 0 aliphatic carbocycles. The summed E-state index contributed by atoms with van der Waals surface area (Å²) in [6, 6.07) is 9.32. The van der Waals surface area contributed by atoms with Crippen molar-refractivity contribution in [2.24, 2.45) is 0 Å². The number of halogens is 2. The average molecular weight is 347 g/mol. The number of thiazole rings is 1. The number of ether oxygens (including phenoxy) is 2. The molecule has 6 heteroatoms. The van der Waals surface area contributed by atoms with E-state index in [9.17, 15) is 8.78 Å². The second-order valence-electron chi connectivity index (χ2n) is 5.09. The largest absolute Gasteiger partial charge is 0.493 e. The lowest BCUT2D eigenvalue weighted by molar-refractivity contribution is 0.356.